The molecule has 1 aromatic rings. The Morgan fingerprint density at radius 2 is 1.91 bits per heavy atom. The van der Waals surface area contributed by atoms with Crippen LogP contribution in [-0.4, -0.2) is 49.2 Å². The molecule has 0 radical (unpaired) electrons. The summed E-state index contributed by atoms with van der Waals surface area (Å²) in [7, 11) is 3.10. The second kappa shape index (κ2) is 6.68. The number of likely N-dealkylation sites (tertiary alicyclic amines) is 1. The van der Waals surface area contributed by atoms with Gasteiger partial charge in [-0.15, -0.1) is 0 Å². The van der Waals surface area contributed by atoms with Crippen LogP contribution >= 0.6 is 0 Å². The fourth-order valence-electron chi connectivity index (χ4n) is 2.77. The van der Waals surface area contributed by atoms with E-state index in [-0.39, 0.29) is 24.8 Å². The highest BCUT2D eigenvalue weighted by molar-refractivity contribution is 5.81. The summed E-state index contributed by atoms with van der Waals surface area (Å²) in [4.78, 5) is 25.1. The molecule has 1 aliphatic heterocycles. The molecule has 1 fully saturated rings. The molecule has 1 aliphatic rings. The fourth-order valence-corrected chi connectivity index (χ4v) is 2.77. The molecule has 2 rings (SSSR count). The Morgan fingerprint density at radius 3 is 2.45 bits per heavy atom. The Hall–Kier alpha value is -2.24. The maximum absolute atomic E-state index is 12.3. The van der Waals surface area contributed by atoms with Gasteiger partial charge in [0.15, 0.2) is 11.5 Å². The summed E-state index contributed by atoms with van der Waals surface area (Å²) in [5, 5.41) is 9.13. The van der Waals surface area contributed by atoms with Crippen molar-refractivity contribution in [2.24, 2.45) is 11.8 Å². The zero-order valence-corrected chi connectivity index (χ0v) is 13.0. The van der Waals surface area contributed by atoms with Gasteiger partial charge in [0.2, 0.25) is 5.91 Å². The Balaban J connectivity index is 2.05. The van der Waals surface area contributed by atoms with E-state index in [0.717, 1.165) is 5.56 Å². The van der Waals surface area contributed by atoms with Crippen LogP contribution in [-0.2, 0) is 16.0 Å². The molecule has 2 atom stereocenters. The van der Waals surface area contributed by atoms with Crippen LogP contribution in [0.5, 0.6) is 11.5 Å². The number of hydrogen-bond acceptors (Lipinski definition) is 4. The minimum absolute atomic E-state index is 0.0214. The lowest BCUT2D eigenvalue weighted by Crippen LogP contribution is -2.31. The number of carbonyl (C=O) groups is 2. The lowest BCUT2D eigenvalue weighted by Gasteiger charge is -2.16. The highest BCUT2D eigenvalue weighted by atomic mass is 16.5. The molecule has 6 nitrogen and oxygen atoms in total. The molecule has 120 valence electrons. The third kappa shape index (κ3) is 3.32. The van der Waals surface area contributed by atoms with Crippen LogP contribution in [0.15, 0.2) is 18.2 Å². The minimum Gasteiger partial charge on any atom is -0.493 e. The molecule has 0 unspecified atom stereocenters. The van der Waals surface area contributed by atoms with Crippen molar-refractivity contribution in [3.63, 3.8) is 0 Å². The molecule has 0 aromatic heterocycles. The number of amides is 1. The molecule has 6 heteroatoms. The van der Waals surface area contributed by atoms with Gasteiger partial charge in [0.25, 0.3) is 0 Å². The number of aliphatic carboxylic acids is 1. The first-order chi connectivity index (χ1) is 10.5. The fraction of sp³-hybridized carbons (Fsp3) is 0.500. The van der Waals surface area contributed by atoms with Gasteiger partial charge in [-0.2, -0.15) is 0 Å². The van der Waals surface area contributed by atoms with E-state index < -0.39 is 11.9 Å². The number of rotatable bonds is 5. The summed E-state index contributed by atoms with van der Waals surface area (Å²) in [6.45, 7) is 2.63. The van der Waals surface area contributed by atoms with Crippen LogP contribution in [0.3, 0.4) is 0 Å². The van der Waals surface area contributed by atoms with Crippen molar-refractivity contribution >= 4 is 11.9 Å². The van der Waals surface area contributed by atoms with E-state index in [1.165, 1.54) is 0 Å². The molecule has 1 heterocycles. The van der Waals surface area contributed by atoms with E-state index in [2.05, 4.69) is 0 Å². The van der Waals surface area contributed by atoms with Gasteiger partial charge in [0.05, 0.1) is 26.6 Å². The largest absolute Gasteiger partial charge is 0.493 e. The maximum Gasteiger partial charge on any atom is 0.308 e. The number of nitrogens with zero attached hydrogens (tertiary/aromatic N) is 1. The monoisotopic (exact) mass is 307 g/mol. The average Bonchev–Trinajstić information content (AvgIpc) is 2.89. The predicted octanol–water partition coefficient (Wildman–Crippen LogP) is 1.43. The number of hydrogen-bond donors (Lipinski definition) is 1. The lowest BCUT2D eigenvalue weighted by molar-refractivity contribution is -0.142. The van der Waals surface area contributed by atoms with Gasteiger partial charge in [0, 0.05) is 13.1 Å². The summed E-state index contributed by atoms with van der Waals surface area (Å²) in [5.74, 6) is -0.219. The summed E-state index contributed by atoms with van der Waals surface area (Å²) >= 11 is 0. The molecule has 0 bridgehead atoms. The van der Waals surface area contributed by atoms with Crippen molar-refractivity contribution in [2.45, 2.75) is 13.3 Å². The SMILES string of the molecule is COc1ccc(CC(=O)N2C[C@@H](C)[C@H](C(=O)O)C2)cc1OC. The number of ether oxygens (including phenoxy) is 2. The van der Waals surface area contributed by atoms with Crippen molar-refractivity contribution in [1.82, 2.24) is 4.90 Å². The molecule has 0 saturated carbocycles. The second-order valence-electron chi connectivity index (χ2n) is 5.59. The van der Waals surface area contributed by atoms with Crippen LogP contribution < -0.4 is 9.47 Å². The molecule has 0 aliphatic carbocycles. The standard InChI is InChI=1S/C16H21NO5/c1-10-8-17(9-12(10)16(19)20)15(18)7-11-4-5-13(21-2)14(6-11)22-3/h4-6,10,12H,7-9H2,1-3H3,(H,19,20)/t10-,12-/m1/s1. The molecule has 1 saturated heterocycles. The van der Waals surface area contributed by atoms with E-state index in [1.54, 1.807) is 31.3 Å². The molecular formula is C16H21NO5. The third-order valence-electron chi connectivity index (χ3n) is 4.09. The zero-order valence-electron chi connectivity index (χ0n) is 13.0. The molecule has 1 aromatic carbocycles. The van der Waals surface area contributed by atoms with E-state index in [0.29, 0.717) is 18.0 Å². The lowest BCUT2D eigenvalue weighted by atomic mass is 9.99. The average molecular weight is 307 g/mol. The number of methoxy groups -OCH3 is 2. The summed E-state index contributed by atoms with van der Waals surface area (Å²) in [6.07, 6.45) is 0.222. The van der Waals surface area contributed by atoms with E-state index in [1.807, 2.05) is 13.0 Å². The van der Waals surface area contributed by atoms with Crippen LogP contribution in [0.2, 0.25) is 0 Å². The van der Waals surface area contributed by atoms with Crippen molar-refractivity contribution in [3.05, 3.63) is 23.8 Å². The normalized spacial score (nSPS) is 20.8. The minimum atomic E-state index is -0.839. The maximum atomic E-state index is 12.3. The van der Waals surface area contributed by atoms with Crippen LogP contribution in [0.25, 0.3) is 0 Å². The van der Waals surface area contributed by atoms with Gasteiger partial charge in [-0.3, -0.25) is 9.59 Å². The Labute approximate surface area is 129 Å². The highest BCUT2D eigenvalue weighted by Crippen LogP contribution is 2.28. The first kappa shape index (κ1) is 16.1. The number of carboxylic acids is 1. The molecule has 1 N–H and O–H groups in total. The summed E-state index contributed by atoms with van der Waals surface area (Å²) < 4.78 is 10.4. The predicted molar refractivity (Wildman–Crippen MR) is 80.1 cm³/mol. The third-order valence-corrected chi connectivity index (χ3v) is 4.09. The highest BCUT2D eigenvalue weighted by Gasteiger charge is 2.36. The zero-order chi connectivity index (χ0) is 16.3. The van der Waals surface area contributed by atoms with Gasteiger partial charge < -0.3 is 19.5 Å². The van der Waals surface area contributed by atoms with Crippen LogP contribution in [0, 0.1) is 11.8 Å². The van der Waals surface area contributed by atoms with Gasteiger partial charge in [-0.05, 0) is 23.6 Å². The van der Waals surface area contributed by atoms with E-state index in [4.69, 9.17) is 14.6 Å². The van der Waals surface area contributed by atoms with Crippen molar-refractivity contribution < 1.29 is 24.2 Å². The van der Waals surface area contributed by atoms with Gasteiger partial charge >= 0.3 is 5.97 Å². The quantitative estimate of drug-likeness (QED) is 0.890. The van der Waals surface area contributed by atoms with Gasteiger partial charge in [-0.25, -0.2) is 0 Å². The van der Waals surface area contributed by atoms with Gasteiger partial charge in [0.1, 0.15) is 0 Å². The van der Waals surface area contributed by atoms with Crippen molar-refractivity contribution in [3.8, 4) is 11.5 Å². The number of carbonyl (C=O) groups excluding carboxylic acids is 1. The Bertz CT molecular complexity index is 572. The summed E-state index contributed by atoms with van der Waals surface area (Å²) in [5.41, 5.74) is 0.814. The van der Waals surface area contributed by atoms with Crippen LogP contribution in [0.4, 0.5) is 0 Å². The van der Waals surface area contributed by atoms with Crippen LogP contribution in [0.1, 0.15) is 12.5 Å². The van der Waals surface area contributed by atoms with Gasteiger partial charge in [-0.1, -0.05) is 13.0 Å². The number of benzene rings is 1. The van der Waals surface area contributed by atoms with Crippen molar-refractivity contribution in [1.29, 1.82) is 0 Å². The molecule has 0 spiro atoms. The smallest absolute Gasteiger partial charge is 0.308 e. The second-order valence-corrected chi connectivity index (χ2v) is 5.59. The van der Waals surface area contributed by atoms with Crippen molar-refractivity contribution in [2.75, 3.05) is 27.3 Å². The topological polar surface area (TPSA) is 76.1 Å². The number of carboxylic acid groups (broad SMARTS) is 1. The summed E-state index contributed by atoms with van der Waals surface area (Å²) in [6, 6.07) is 5.34. The molecule has 1 amide bonds. The molecule has 22 heavy (non-hydrogen) atoms. The Morgan fingerprint density at radius 1 is 1.23 bits per heavy atom. The first-order valence-corrected chi connectivity index (χ1v) is 7.17. The molecular weight excluding hydrogens is 286 g/mol. The van der Waals surface area contributed by atoms with E-state index in [9.17, 15) is 9.59 Å². The first-order valence-electron chi connectivity index (χ1n) is 7.17. The Kier molecular flexibility index (Phi) is 4.90. The van der Waals surface area contributed by atoms with E-state index >= 15 is 0 Å².